The highest BCUT2D eigenvalue weighted by Crippen LogP contribution is 2.63. The second-order valence-corrected chi connectivity index (χ2v) is 15.8. The lowest BCUT2D eigenvalue weighted by Crippen LogP contribution is -2.40. The van der Waals surface area contributed by atoms with Gasteiger partial charge in [0, 0.05) is 10.9 Å². The van der Waals surface area contributed by atoms with Gasteiger partial charge < -0.3 is 19.3 Å². The maximum absolute atomic E-state index is 11.2. The van der Waals surface area contributed by atoms with Crippen molar-refractivity contribution in [2.45, 2.75) is 114 Å². The number of ether oxygens (including phenoxy) is 3. The van der Waals surface area contributed by atoms with Crippen LogP contribution >= 0.6 is 7.92 Å². The molecule has 0 radical (unpaired) electrons. The summed E-state index contributed by atoms with van der Waals surface area (Å²) < 4.78 is 19.2. The SMILES string of the molecule is COc1c(C2CCCC2)cc(C2CCCC2)c(OC)c1-c1cccc2c1[P@@](C(C)(C)C)[C@@H](C(C)(C)O)O2. The number of hydrogen-bond acceptors (Lipinski definition) is 4. The van der Waals surface area contributed by atoms with Crippen molar-refractivity contribution in [2.24, 2.45) is 0 Å². The molecule has 5 rings (SSSR count). The van der Waals surface area contributed by atoms with E-state index in [-0.39, 0.29) is 11.0 Å². The molecule has 0 saturated heterocycles. The highest BCUT2D eigenvalue weighted by molar-refractivity contribution is 7.68. The summed E-state index contributed by atoms with van der Waals surface area (Å²) >= 11 is 0. The molecular weight excluding hydrogens is 479 g/mol. The van der Waals surface area contributed by atoms with E-state index in [1.54, 1.807) is 0 Å². The quantitative estimate of drug-likeness (QED) is 0.388. The summed E-state index contributed by atoms with van der Waals surface area (Å²) in [6, 6.07) is 8.84. The Morgan fingerprint density at radius 3 is 1.78 bits per heavy atom. The summed E-state index contributed by atoms with van der Waals surface area (Å²) in [7, 11) is 2.78. The Kier molecular flexibility index (Phi) is 7.31. The van der Waals surface area contributed by atoms with Crippen molar-refractivity contribution in [3.63, 3.8) is 0 Å². The van der Waals surface area contributed by atoms with E-state index in [1.807, 2.05) is 28.1 Å². The van der Waals surface area contributed by atoms with Crippen LogP contribution in [0.4, 0.5) is 0 Å². The minimum Gasteiger partial charge on any atom is -0.496 e. The molecule has 37 heavy (non-hydrogen) atoms. The van der Waals surface area contributed by atoms with Gasteiger partial charge in [0.1, 0.15) is 28.7 Å². The average molecular weight is 525 g/mol. The van der Waals surface area contributed by atoms with Gasteiger partial charge in [-0.05, 0) is 87.7 Å². The van der Waals surface area contributed by atoms with Crippen LogP contribution in [0.5, 0.6) is 17.2 Å². The lowest BCUT2D eigenvalue weighted by Gasteiger charge is -2.38. The van der Waals surface area contributed by atoms with Crippen LogP contribution in [-0.4, -0.2) is 35.9 Å². The molecule has 2 atom stereocenters. The van der Waals surface area contributed by atoms with Gasteiger partial charge in [-0.1, -0.05) is 58.6 Å². The number of rotatable bonds is 6. The van der Waals surface area contributed by atoms with Gasteiger partial charge in [0.05, 0.1) is 19.8 Å². The van der Waals surface area contributed by atoms with Crippen molar-refractivity contribution in [1.29, 1.82) is 0 Å². The van der Waals surface area contributed by atoms with Crippen molar-refractivity contribution in [3.8, 4) is 28.4 Å². The van der Waals surface area contributed by atoms with E-state index in [1.165, 1.54) is 67.8 Å². The molecule has 4 nitrogen and oxygen atoms in total. The topological polar surface area (TPSA) is 47.9 Å². The summed E-state index contributed by atoms with van der Waals surface area (Å²) in [5.74, 6) is 3.61. The first-order valence-corrected chi connectivity index (χ1v) is 15.6. The molecule has 0 amide bonds. The lowest BCUT2D eigenvalue weighted by molar-refractivity contribution is 0.0103. The molecule has 0 aromatic heterocycles. The average Bonchev–Trinajstić information content (AvgIpc) is 3.61. The largest absolute Gasteiger partial charge is 0.496 e. The van der Waals surface area contributed by atoms with E-state index < -0.39 is 13.5 Å². The molecule has 202 valence electrons. The maximum atomic E-state index is 11.2. The Labute approximate surface area is 224 Å². The van der Waals surface area contributed by atoms with E-state index >= 15 is 0 Å². The van der Waals surface area contributed by atoms with Crippen molar-refractivity contribution in [1.82, 2.24) is 0 Å². The Balaban J connectivity index is 1.81. The number of methoxy groups -OCH3 is 2. The molecule has 2 aromatic rings. The fraction of sp³-hybridized carbons (Fsp3) is 0.625. The van der Waals surface area contributed by atoms with Gasteiger partial charge >= 0.3 is 0 Å². The van der Waals surface area contributed by atoms with Gasteiger partial charge in [0.15, 0.2) is 0 Å². The van der Waals surface area contributed by atoms with Crippen molar-refractivity contribution < 1.29 is 19.3 Å². The third kappa shape index (κ3) is 4.78. The van der Waals surface area contributed by atoms with Crippen LogP contribution in [0.2, 0.25) is 0 Å². The first-order chi connectivity index (χ1) is 17.6. The molecule has 0 unspecified atom stereocenters. The van der Waals surface area contributed by atoms with E-state index in [0.717, 1.165) is 28.4 Å². The van der Waals surface area contributed by atoms with Gasteiger partial charge in [0.2, 0.25) is 0 Å². The van der Waals surface area contributed by atoms with Crippen molar-refractivity contribution in [2.75, 3.05) is 14.2 Å². The molecule has 0 bridgehead atoms. The van der Waals surface area contributed by atoms with Crippen molar-refractivity contribution >= 4 is 13.2 Å². The predicted octanol–water partition coefficient (Wildman–Crippen LogP) is 8.08. The van der Waals surface area contributed by atoms with Gasteiger partial charge in [-0.25, -0.2) is 0 Å². The highest BCUT2D eigenvalue weighted by Gasteiger charge is 2.49. The molecule has 1 N–H and O–H groups in total. The van der Waals surface area contributed by atoms with Crippen LogP contribution in [0.1, 0.15) is 109 Å². The monoisotopic (exact) mass is 524 g/mol. The first-order valence-electron chi connectivity index (χ1n) is 14.2. The Morgan fingerprint density at radius 2 is 1.35 bits per heavy atom. The van der Waals surface area contributed by atoms with Crippen LogP contribution in [0.15, 0.2) is 24.3 Å². The first kappa shape index (κ1) is 26.8. The normalized spacial score (nSPS) is 22.8. The third-order valence-electron chi connectivity index (χ3n) is 8.60. The zero-order chi connectivity index (χ0) is 26.5. The molecule has 2 aliphatic carbocycles. The molecule has 2 saturated carbocycles. The van der Waals surface area contributed by atoms with E-state index in [2.05, 4.69) is 45.0 Å². The second-order valence-electron chi connectivity index (χ2n) is 12.8. The molecule has 5 heteroatoms. The third-order valence-corrected chi connectivity index (χ3v) is 12.2. The minimum absolute atomic E-state index is 0.0564. The zero-order valence-electron chi connectivity index (χ0n) is 23.8. The molecule has 3 aliphatic rings. The molecule has 2 fully saturated rings. The van der Waals surface area contributed by atoms with Gasteiger partial charge in [-0.2, -0.15) is 0 Å². The van der Waals surface area contributed by atoms with Crippen LogP contribution in [0.3, 0.4) is 0 Å². The van der Waals surface area contributed by atoms with Gasteiger partial charge in [-0.3, -0.25) is 0 Å². The fourth-order valence-corrected chi connectivity index (χ4v) is 10.2. The van der Waals surface area contributed by atoms with Gasteiger partial charge in [0.25, 0.3) is 0 Å². The van der Waals surface area contributed by atoms with Crippen LogP contribution in [0.25, 0.3) is 11.1 Å². The van der Waals surface area contributed by atoms with Gasteiger partial charge in [-0.15, -0.1) is 0 Å². The summed E-state index contributed by atoms with van der Waals surface area (Å²) in [6.45, 7) is 10.6. The second kappa shape index (κ2) is 10.1. The van der Waals surface area contributed by atoms with E-state index in [0.29, 0.717) is 11.8 Å². The Bertz CT molecular complexity index is 1090. The highest BCUT2D eigenvalue weighted by atomic mass is 31.1. The smallest absolute Gasteiger partial charge is 0.150 e. The number of benzene rings is 2. The fourth-order valence-electron chi connectivity index (χ4n) is 6.96. The summed E-state index contributed by atoms with van der Waals surface area (Å²) in [5.41, 5.74) is 3.99. The number of fused-ring (bicyclic) bond motifs is 1. The van der Waals surface area contributed by atoms with Crippen LogP contribution in [-0.2, 0) is 0 Å². The Hall–Kier alpha value is -1.77. The van der Waals surface area contributed by atoms with Crippen LogP contribution in [0, 0.1) is 0 Å². The molecular formula is C32H45O4P. The van der Waals surface area contributed by atoms with E-state index in [4.69, 9.17) is 14.2 Å². The molecule has 0 spiro atoms. The van der Waals surface area contributed by atoms with Crippen molar-refractivity contribution in [3.05, 3.63) is 35.4 Å². The van der Waals surface area contributed by atoms with E-state index in [9.17, 15) is 5.11 Å². The predicted molar refractivity (Wildman–Crippen MR) is 154 cm³/mol. The molecule has 2 aromatic carbocycles. The summed E-state index contributed by atoms with van der Waals surface area (Å²) in [5, 5.41) is 12.4. The summed E-state index contributed by atoms with van der Waals surface area (Å²) in [6.07, 6.45) is 10.0. The Morgan fingerprint density at radius 1 is 0.838 bits per heavy atom. The lowest BCUT2D eigenvalue weighted by atomic mass is 9.85. The summed E-state index contributed by atoms with van der Waals surface area (Å²) in [4.78, 5) is 0. The minimum atomic E-state index is -0.954. The molecule has 1 aliphatic heterocycles. The zero-order valence-corrected chi connectivity index (χ0v) is 24.7. The number of aliphatic hydroxyl groups is 1. The molecule has 1 heterocycles. The standard InChI is InChI=1S/C32H45O4P/c1-31(2,3)37-29-22(17-12-18-25(29)36-30(37)32(4,5)33)26-27(34-6)23(20-13-8-9-14-20)19-24(28(26)35-7)21-15-10-11-16-21/h12,17-21,30,33H,8-11,13-16H2,1-7H3/t30-,37+/m0/s1. The maximum Gasteiger partial charge on any atom is 0.150 e. The van der Waals surface area contributed by atoms with Crippen LogP contribution < -0.4 is 19.5 Å². The number of hydrogen-bond donors (Lipinski definition) is 1.